The molecule has 2 atom stereocenters. The lowest BCUT2D eigenvalue weighted by Gasteiger charge is -2.23. The van der Waals surface area contributed by atoms with Gasteiger partial charge in [-0.3, -0.25) is 0 Å². The molecule has 0 N–H and O–H groups in total. The van der Waals surface area contributed by atoms with Gasteiger partial charge in [-0.05, 0) is 31.4 Å². The van der Waals surface area contributed by atoms with E-state index >= 15 is 0 Å². The molecule has 134 valence electrons. The molecule has 0 saturated heterocycles. The van der Waals surface area contributed by atoms with E-state index in [9.17, 15) is 8.42 Å². The number of nitrogens with zero attached hydrogens (tertiary/aromatic N) is 2. The van der Waals surface area contributed by atoms with E-state index in [1.807, 2.05) is 13.0 Å². The molecule has 0 aromatic heterocycles. The summed E-state index contributed by atoms with van der Waals surface area (Å²) in [6, 6.07) is 8.87. The van der Waals surface area contributed by atoms with Crippen LogP contribution in [-0.2, 0) is 14.8 Å². The number of hydrogen-bond acceptors (Lipinski definition) is 4. The third kappa shape index (κ3) is 4.36. The molecule has 1 aliphatic heterocycles. The zero-order valence-corrected chi connectivity index (χ0v) is 15.6. The van der Waals surface area contributed by atoms with E-state index < -0.39 is 10.0 Å². The number of rotatable bonds is 9. The summed E-state index contributed by atoms with van der Waals surface area (Å²) in [5.74, 6) is 0.985. The second-order valence-corrected chi connectivity index (χ2v) is 7.98. The molecule has 0 radical (unpaired) electrons. The minimum atomic E-state index is -3.44. The van der Waals surface area contributed by atoms with Gasteiger partial charge in [0.2, 0.25) is 10.0 Å². The van der Waals surface area contributed by atoms with Gasteiger partial charge in [0.25, 0.3) is 0 Å². The minimum absolute atomic E-state index is 0.182. The van der Waals surface area contributed by atoms with E-state index in [0.29, 0.717) is 24.6 Å². The molecule has 24 heavy (non-hydrogen) atoms. The Bertz CT molecular complexity index is 643. The molecule has 1 aliphatic rings. The molecule has 1 aromatic rings. The molecule has 0 saturated carbocycles. The first-order valence-electron chi connectivity index (χ1n) is 8.78. The van der Waals surface area contributed by atoms with Crippen LogP contribution in [0.1, 0.15) is 40.0 Å². The van der Waals surface area contributed by atoms with Crippen molar-refractivity contribution in [3.63, 3.8) is 0 Å². The van der Waals surface area contributed by atoms with Crippen molar-refractivity contribution >= 4 is 15.9 Å². The number of benzene rings is 1. The average molecular weight is 352 g/mol. The standard InChI is InChI=1S/C18H28N2O3S/c1-4-15(18-19-16(5-2)14-23-18)12-13-20(6-3)24(21,22)17-10-8-7-9-11-17/h7-11,15-16H,4-6,12-14H2,1-3H3/t15-,16+/m0/s1. The smallest absolute Gasteiger partial charge is 0.243 e. The Balaban J connectivity index is 2.05. The second-order valence-electron chi connectivity index (χ2n) is 6.04. The fourth-order valence-electron chi connectivity index (χ4n) is 2.86. The van der Waals surface area contributed by atoms with Gasteiger partial charge >= 0.3 is 0 Å². The summed E-state index contributed by atoms with van der Waals surface area (Å²) in [5.41, 5.74) is 0. The molecule has 0 unspecified atom stereocenters. The first-order valence-corrected chi connectivity index (χ1v) is 10.2. The zero-order valence-electron chi connectivity index (χ0n) is 14.8. The summed E-state index contributed by atoms with van der Waals surface area (Å²) in [5, 5.41) is 0. The zero-order chi connectivity index (χ0) is 17.6. The Morgan fingerprint density at radius 3 is 2.50 bits per heavy atom. The van der Waals surface area contributed by atoms with Crippen LogP contribution in [0.25, 0.3) is 0 Å². The lowest BCUT2D eigenvalue weighted by molar-refractivity contribution is 0.286. The Hall–Kier alpha value is -1.40. The van der Waals surface area contributed by atoms with Crippen molar-refractivity contribution in [1.82, 2.24) is 4.31 Å². The molecule has 5 nitrogen and oxygen atoms in total. The average Bonchev–Trinajstić information content (AvgIpc) is 3.08. The van der Waals surface area contributed by atoms with E-state index in [0.717, 1.165) is 25.2 Å². The van der Waals surface area contributed by atoms with Crippen molar-refractivity contribution in [1.29, 1.82) is 0 Å². The van der Waals surface area contributed by atoms with E-state index in [-0.39, 0.29) is 12.0 Å². The third-order valence-corrected chi connectivity index (χ3v) is 6.50. The molecule has 0 aliphatic carbocycles. The summed E-state index contributed by atoms with van der Waals surface area (Å²) < 4.78 is 32.8. The van der Waals surface area contributed by atoms with Crippen LogP contribution in [0.4, 0.5) is 0 Å². The summed E-state index contributed by atoms with van der Waals surface area (Å²) in [6.07, 6.45) is 2.60. The van der Waals surface area contributed by atoms with Gasteiger partial charge in [0.05, 0.1) is 10.9 Å². The number of aliphatic imine (C=N–C) groups is 1. The van der Waals surface area contributed by atoms with E-state index in [2.05, 4.69) is 18.8 Å². The molecule has 6 heteroatoms. The first kappa shape index (κ1) is 18.9. The molecule has 1 heterocycles. The van der Waals surface area contributed by atoms with Gasteiger partial charge in [-0.2, -0.15) is 4.31 Å². The van der Waals surface area contributed by atoms with Gasteiger partial charge in [0.1, 0.15) is 6.61 Å². The summed E-state index contributed by atoms with van der Waals surface area (Å²) >= 11 is 0. The molecule has 1 aromatic carbocycles. The molecular weight excluding hydrogens is 324 g/mol. The van der Waals surface area contributed by atoms with Gasteiger partial charge < -0.3 is 4.74 Å². The quantitative estimate of drug-likeness (QED) is 0.685. The maximum absolute atomic E-state index is 12.7. The maximum atomic E-state index is 12.7. The fraction of sp³-hybridized carbons (Fsp3) is 0.611. The largest absolute Gasteiger partial charge is 0.478 e. The number of hydrogen-bond donors (Lipinski definition) is 0. The van der Waals surface area contributed by atoms with Gasteiger partial charge in [-0.1, -0.05) is 39.0 Å². The van der Waals surface area contributed by atoms with Crippen LogP contribution in [0.3, 0.4) is 0 Å². The number of sulfonamides is 1. The van der Waals surface area contributed by atoms with E-state index in [1.165, 1.54) is 4.31 Å². The maximum Gasteiger partial charge on any atom is 0.243 e. The highest BCUT2D eigenvalue weighted by atomic mass is 32.2. The van der Waals surface area contributed by atoms with Gasteiger partial charge in [-0.15, -0.1) is 0 Å². The van der Waals surface area contributed by atoms with E-state index in [1.54, 1.807) is 24.3 Å². The summed E-state index contributed by atoms with van der Waals surface area (Å²) in [6.45, 7) is 7.66. The normalized spacial score (nSPS) is 19.2. The van der Waals surface area contributed by atoms with Crippen molar-refractivity contribution < 1.29 is 13.2 Å². The Morgan fingerprint density at radius 1 is 1.25 bits per heavy atom. The molecule has 0 bridgehead atoms. The highest BCUT2D eigenvalue weighted by Crippen LogP contribution is 2.22. The van der Waals surface area contributed by atoms with Crippen molar-refractivity contribution in [3.8, 4) is 0 Å². The van der Waals surface area contributed by atoms with Crippen LogP contribution < -0.4 is 0 Å². The first-order chi connectivity index (χ1) is 11.5. The minimum Gasteiger partial charge on any atom is -0.478 e. The molecular formula is C18H28N2O3S. The lowest BCUT2D eigenvalue weighted by Crippen LogP contribution is -2.33. The molecule has 0 spiro atoms. The third-order valence-electron chi connectivity index (χ3n) is 4.51. The Labute approximate surface area is 145 Å². The predicted molar refractivity (Wildman–Crippen MR) is 96.7 cm³/mol. The predicted octanol–water partition coefficient (Wildman–Crippen LogP) is 3.32. The van der Waals surface area contributed by atoms with Gasteiger partial charge in [0.15, 0.2) is 5.90 Å². The molecule has 2 rings (SSSR count). The van der Waals surface area contributed by atoms with Crippen LogP contribution >= 0.6 is 0 Å². The highest BCUT2D eigenvalue weighted by Gasteiger charge is 2.27. The summed E-state index contributed by atoms with van der Waals surface area (Å²) in [7, 11) is -3.44. The second kappa shape index (κ2) is 8.62. The van der Waals surface area contributed by atoms with Crippen molar-refractivity contribution in [2.45, 2.75) is 51.0 Å². The SMILES string of the molecule is CC[C@@H]1COC([C@@H](CC)CCN(CC)S(=O)(=O)c2ccccc2)=N1. The van der Waals surface area contributed by atoms with E-state index in [4.69, 9.17) is 4.74 Å². The Morgan fingerprint density at radius 2 is 1.96 bits per heavy atom. The van der Waals surface area contributed by atoms with Crippen LogP contribution in [0.5, 0.6) is 0 Å². The monoisotopic (exact) mass is 352 g/mol. The Kier molecular flexibility index (Phi) is 6.80. The van der Waals surface area contributed by atoms with Gasteiger partial charge in [0, 0.05) is 19.0 Å². The summed E-state index contributed by atoms with van der Waals surface area (Å²) in [4.78, 5) is 4.98. The van der Waals surface area contributed by atoms with Crippen LogP contribution in [0.2, 0.25) is 0 Å². The fourth-order valence-corrected chi connectivity index (χ4v) is 4.35. The van der Waals surface area contributed by atoms with Crippen LogP contribution in [0, 0.1) is 5.92 Å². The molecule has 0 fully saturated rings. The van der Waals surface area contributed by atoms with Crippen molar-refractivity contribution in [2.75, 3.05) is 19.7 Å². The van der Waals surface area contributed by atoms with Crippen LogP contribution in [-0.4, -0.2) is 44.4 Å². The number of ether oxygens (including phenoxy) is 1. The van der Waals surface area contributed by atoms with Crippen molar-refractivity contribution in [2.24, 2.45) is 10.9 Å². The van der Waals surface area contributed by atoms with Crippen LogP contribution in [0.15, 0.2) is 40.2 Å². The highest BCUT2D eigenvalue weighted by molar-refractivity contribution is 7.89. The lowest BCUT2D eigenvalue weighted by atomic mass is 10.0. The van der Waals surface area contributed by atoms with Gasteiger partial charge in [-0.25, -0.2) is 13.4 Å². The topological polar surface area (TPSA) is 59.0 Å². The van der Waals surface area contributed by atoms with Crippen molar-refractivity contribution in [3.05, 3.63) is 30.3 Å². The molecule has 0 amide bonds.